The van der Waals surface area contributed by atoms with Gasteiger partial charge in [0.2, 0.25) is 11.8 Å². The van der Waals surface area contributed by atoms with E-state index in [4.69, 9.17) is 0 Å². The van der Waals surface area contributed by atoms with Crippen LogP contribution in [0, 0.1) is 11.8 Å². The fourth-order valence-corrected chi connectivity index (χ4v) is 7.58. The zero-order chi connectivity index (χ0) is 35.3. The standard InChI is InChI=1S/C37H54N4O6S/c1-36(2,3)40-34(44)30-22-27-19-13-14-20-28(27)23-41(30)24-31(42)29(21-25-15-9-7-10-16-25)38-35(45)32(37(4,5)48(6,46)47)39-33(43)26-17-11-8-12-18-26/h7-12,15-18,27-32,42H,13-14,19-24H2,1-6H3,(H,38,45)(H,39,43)(H,40,44)/t27-,28+,29-,30-,31+,32+/m0/s1. The van der Waals surface area contributed by atoms with Crippen LogP contribution in [0.5, 0.6) is 0 Å². The average molecular weight is 683 g/mol. The van der Waals surface area contributed by atoms with Gasteiger partial charge in [-0.3, -0.25) is 19.3 Å². The van der Waals surface area contributed by atoms with E-state index >= 15 is 0 Å². The smallest absolute Gasteiger partial charge is 0.251 e. The third-order valence-electron chi connectivity index (χ3n) is 10.0. The Morgan fingerprint density at radius 2 is 1.48 bits per heavy atom. The van der Waals surface area contributed by atoms with E-state index in [1.165, 1.54) is 13.8 Å². The number of rotatable bonds is 12. The third-order valence-corrected chi connectivity index (χ3v) is 12.2. The molecule has 11 heteroatoms. The summed E-state index contributed by atoms with van der Waals surface area (Å²) in [6.45, 7) is 9.49. The van der Waals surface area contributed by atoms with Gasteiger partial charge in [-0.25, -0.2) is 8.42 Å². The summed E-state index contributed by atoms with van der Waals surface area (Å²) in [5, 5.41) is 20.6. The zero-order valence-electron chi connectivity index (χ0n) is 29.2. The number of hydrogen-bond acceptors (Lipinski definition) is 7. The lowest BCUT2D eigenvalue weighted by molar-refractivity contribution is -0.133. The molecule has 4 N–H and O–H groups in total. The number of likely N-dealkylation sites (tertiary alicyclic amines) is 1. The first kappa shape index (κ1) is 37.5. The Morgan fingerprint density at radius 1 is 0.896 bits per heavy atom. The van der Waals surface area contributed by atoms with E-state index in [0.29, 0.717) is 24.8 Å². The van der Waals surface area contributed by atoms with Crippen LogP contribution in [0.3, 0.4) is 0 Å². The largest absolute Gasteiger partial charge is 0.390 e. The zero-order valence-corrected chi connectivity index (χ0v) is 30.1. The van der Waals surface area contributed by atoms with Gasteiger partial charge in [-0.1, -0.05) is 67.8 Å². The maximum absolute atomic E-state index is 14.1. The van der Waals surface area contributed by atoms with Crippen molar-refractivity contribution in [3.63, 3.8) is 0 Å². The molecule has 0 bridgehead atoms. The van der Waals surface area contributed by atoms with Gasteiger partial charge in [0.05, 0.1) is 22.9 Å². The highest BCUT2D eigenvalue weighted by Gasteiger charge is 2.46. The molecular formula is C37H54N4O6S. The molecule has 0 aromatic heterocycles. The van der Waals surface area contributed by atoms with Gasteiger partial charge in [0.15, 0.2) is 9.84 Å². The Bertz CT molecular complexity index is 1510. The van der Waals surface area contributed by atoms with Crippen LogP contribution in [0.25, 0.3) is 0 Å². The molecule has 48 heavy (non-hydrogen) atoms. The van der Waals surface area contributed by atoms with Crippen molar-refractivity contribution in [2.45, 2.75) is 108 Å². The van der Waals surface area contributed by atoms with Crippen molar-refractivity contribution in [1.29, 1.82) is 0 Å². The number of aliphatic hydroxyl groups is 1. The highest BCUT2D eigenvalue weighted by atomic mass is 32.2. The lowest BCUT2D eigenvalue weighted by Crippen LogP contribution is -2.64. The monoisotopic (exact) mass is 682 g/mol. The number of nitrogens with zero attached hydrogens (tertiary/aromatic N) is 1. The number of benzene rings is 2. The van der Waals surface area contributed by atoms with Crippen LogP contribution < -0.4 is 16.0 Å². The maximum Gasteiger partial charge on any atom is 0.251 e. The maximum atomic E-state index is 14.1. The SMILES string of the molecule is CC(C)(C)NC(=O)[C@@H]1C[C@@H]2CCCC[C@@H]2CN1C[C@@H](O)[C@H](Cc1ccccc1)NC(=O)[C@@H](NC(=O)c1ccccc1)C(C)(C)S(C)(=O)=O. The Balaban J connectivity index is 1.63. The Hall–Kier alpha value is -3.28. The molecular weight excluding hydrogens is 628 g/mol. The minimum Gasteiger partial charge on any atom is -0.390 e. The first-order chi connectivity index (χ1) is 22.5. The number of β-amino-alcohol motifs (C(OH)–C–C–N with tert-alkyl or cyclic N) is 1. The van der Waals surface area contributed by atoms with Crippen molar-refractivity contribution in [3.05, 3.63) is 71.8 Å². The quantitative estimate of drug-likeness (QED) is 0.268. The van der Waals surface area contributed by atoms with Crippen LogP contribution in [0.1, 0.15) is 82.6 Å². The Morgan fingerprint density at radius 3 is 2.06 bits per heavy atom. The second-order valence-corrected chi connectivity index (χ2v) is 17.9. The number of aliphatic hydroxyl groups excluding tert-OH is 1. The minimum atomic E-state index is -3.85. The predicted molar refractivity (Wildman–Crippen MR) is 188 cm³/mol. The molecule has 1 saturated carbocycles. The van der Waals surface area contributed by atoms with Gasteiger partial charge >= 0.3 is 0 Å². The first-order valence-corrected chi connectivity index (χ1v) is 19.0. The molecule has 4 rings (SSSR count). The van der Waals surface area contributed by atoms with Crippen LogP contribution in [0.2, 0.25) is 0 Å². The molecule has 3 amide bonds. The van der Waals surface area contributed by atoms with E-state index in [9.17, 15) is 27.9 Å². The van der Waals surface area contributed by atoms with Crippen molar-refractivity contribution < 1.29 is 27.9 Å². The van der Waals surface area contributed by atoms with Gasteiger partial charge in [-0.15, -0.1) is 0 Å². The first-order valence-electron chi connectivity index (χ1n) is 17.1. The highest BCUT2D eigenvalue weighted by Crippen LogP contribution is 2.39. The molecule has 6 atom stereocenters. The fourth-order valence-electron chi connectivity index (χ4n) is 6.98. The molecule has 1 saturated heterocycles. The number of carbonyl (C=O) groups excluding carboxylic acids is 3. The van der Waals surface area contributed by atoms with Crippen LogP contribution in [0.15, 0.2) is 60.7 Å². The number of hydrogen-bond donors (Lipinski definition) is 4. The van der Waals surface area contributed by atoms with Crippen LogP contribution in [-0.4, -0.2) is 90.0 Å². The van der Waals surface area contributed by atoms with Gasteiger partial charge in [0.25, 0.3) is 5.91 Å². The molecule has 2 aromatic carbocycles. The van der Waals surface area contributed by atoms with Crippen molar-refractivity contribution in [2.24, 2.45) is 11.8 Å². The van der Waals surface area contributed by atoms with Crippen LogP contribution >= 0.6 is 0 Å². The summed E-state index contributed by atoms with van der Waals surface area (Å²) in [4.78, 5) is 43.1. The molecule has 264 valence electrons. The molecule has 2 aliphatic rings. The van der Waals surface area contributed by atoms with Crippen LogP contribution in [-0.2, 0) is 25.8 Å². The minimum absolute atomic E-state index is 0.0686. The number of amides is 3. The second-order valence-electron chi connectivity index (χ2n) is 15.3. The number of nitrogens with one attached hydrogen (secondary N) is 3. The normalized spacial score (nSPS) is 22.4. The molecule has 0 unspecified atom stereocenters. The van der Waals surface area contributed by atoms with E-state index in [1.807, 2.05) is 51.1 Å². The average Bonchev–Trinajstić information content (AvgIpc) is 3.02. The summed E-state index contributed by atoms with van der Waals surface area (Å²) < 4.78 is 24.3. The highest BCUT2D eigenvalue weighted by molar-refractivity contribution is 7.92. The third kappa shape index (κ3) is 9.66. The molecule has 1 heterocycles. The Labute approximate surface area is 286 Å². The van der Waals surface area contributed by atoms with Crippen molar-refractivity contribution in [3.8, 4) is 0 Å². The lowest BCUT2D eigenvalue weighted by Gasteiger charge is -2.47. The number of fused-ring (bicyclic) bond motifs is 1. The van der Waals surface area contributed by atoms with Gasteiger partial charge in [-0.2, -0.15) is 0 Å². The van der Waals surface area contributed by atoms with Crippen LogP contribution in [0.4, 0.5) is 0 Å². The van der Waals surface area contributed by atoms with E-state index in [2.05, 4.69) is 20.9 Å². The predicted octanol–water partition coefficient (Wildman–Crippen LogP) is 3.49. The number of carbonyl (C=O) groups is 3. The fraction of sp³-hybridized carbons (Fsp3) is 0.595. The lowest BCUT2D eigenvalue weighted by atomic mass is 9.72. The van der Waals surface area contributed by atoms with E-state index in [1.54, 1.807) is 30.3 Å². The van der Waals surface area contributed by atoms with Crippen molar-refractivity contribution in [2.75, 3.05) is 19.3 Å². The summed E-state index contributed by atoms with van der Waals surface area (Å²) in [7, 11) is -3.85. The van der Waals surface area contributed by atoms with Crippen molar-refractivity contribution >= 4 is 27.6 Å². The summed E-state index contributed by atoms with van der Waals surface area (Å²) >= 11 is 0. The van der Waals surface area contributed by atoms with Gasteiger partial charge in [0.1, 0.15) is 6.04 Å². The molecule has 1 aliphatic heterocycles. The Kier molecular flexibility index (Phi) is 12.1. The van der Waals surface area contributed by atoms with E-state index in [0.717, 1.165) is 37.5 Å². The van der Waals surface area contributed by atoms with Crippen molar-refractivity contribution in [1.82, 2.24) is 20.9 Å². The van der Waals surface area contributed by atoms with E-state index in [-0.39, 0.29) is 24.4 Å². The topological polar surface area (TPSA) is 145 Å². The van der Waals surface area contributed by atoms with E-state index < -0.39 is 56.2 Å². The summed E-state index contributed by atoms with van der Waals surface area (Å²) in [6.07, 6.45) is 5.39. The molecule has 10 nitrogen and oxygen atoms in total. The summed E-state index contributed by atoms with van der Waals surface area (Å²) in [5.41, 5.74) is 0.730. The molecule has 0 radical (unpaired) electrons. The summed E-state index contributed by atoms with van der Waals surface area (Å²) in [6, 6.07) is 15.0. The summed E-state index contributed by atoms with van der Waals surface area (Å²) in [5.74, 6) is -0.492. The molecule has 2 aromatic rings. The molecule has 1 aliphatic carbocycles. The number of piperidine rings is 1. The number of sulfone groups is 1. The van der Waals surface area contributed by atoms with Gasteiger partial charge < -0.3 is 21.1 Å². The van der Waals surface area contributed by atoms with Gasteiger partial charge in [-0.05, 0) is 83.4 Å². The second kappa shape index (κ2) is 15.5. The molecule has 2 fully saturated rings. The molecule has 0 spiro atoms. The van der Waals surface area contributed by atoms with Gasteiger partial charge in [0, 0.05) is 30.4 Å².